The Balaban J connectivity index is 2.26. The van der Waals surface area contributed by atoms with Crippen LogP contribution in [0.15, 0.2) is 24.3 Å². The fourth-order valence-corrected chi connectivity index (χ4v) is 3.41. The first-order valence-electron chi connectivity index (χ1n) is 9.39. The van der Waals surface area contributed by atoms with Crippen molar-refractivity contribution < 1.29 is 19.5 Å². The second-order valence-electron chi connectivity index (χ2n) is 6.94. The minimum absolute atomic E-state index is 0.0829. The molecule has 144 valence electrons. The summed E-state index contributed by atoms with van der Waals surface area (Å²) in [6.07, 6.45) is 10.2. The van der Waals surface area contributed by atoms with E-state index in [4.69, 9.17) is 15.5 Å². The molecule has 0 saturated heterocycles. The van der Waals surface area contributed by atoms with Crippen molar-refractivity contribution in [1.82, 2.24) is 0 Å². The molecule has 0 amide bonds. The minimum Gasteiger partial charge on any atom is -0.380 e. The van der Waals surface area contributed by atoms with Gasteiger partial charge >= 0.3 is 7.60 Å². The number of unbranched alkanes of at least 4 members (excludes halogenated alkanes) is 5. The molecule has 0 spiro atoms. The third-order valence-corrected chi connectivity index (χ3v) is 5.53. The summed E-state index contributed by atoms with van der Waals surface area (Å²) in [6.45, 7) is 2.23. The molecule has 5 N–H and O–H groups in total. The average Bonchev–Trinajstić information content (AvgIpc) is 2.56. The first-order chi connectivity index (χ1) is 11.8. The molecule has 6 heteroatoms. The fraction of sp³-hybridized carbons (Fsp3) is 0.684. The lowest BCUT2D eigenvalue weighted by atomic mass is 10.0. The molecule has 0 saturated carbocycles. The van der Waals surface area contributed by atoms with E-state index in [-0.39, 0.29) is 6.42 Å². The standard InChI is InChI=1S/C19H34NO4P/c1-2-3-4-5-6-7-8-16-9-11-17(12-10-16)13-14-18(20)15-19(21)25(22,23)24/h9-12,18-19,21H,2-8,13-15,20H2,1H3,(H2,22,23,24)/t18-,19+/m1/s1. The van der Waals surface area contributed by atoms with E-state index in [1.807, 2.05) is 0 Å². The number of aliphatic hydroxyl groups is 1. The Bertz CT molecular complexity index is 515. The van der Waals surface area contributed by atoms with Gasteiger partial charge in [0.2, 0.25) is 0 Å². The van der Waals surface area contributed by atoms with E-state index in [0.29, 0.717) is 6.42 Å². The highest BCUT2D eigenvalue weighted by molar-refractivity contribution is 7.52. The molecule has 5 nitrogen and oxygen atoms in total. The summed E-state index contributed by atoms with van der Waals surface area (Å²) in [5, 5.41) is 9.40. The SMILES string of the molecule is CCCCCCCCc1ccc(CC[C@@H](N)C[C@@H](O)P(=O)(O)O)cc1. The van der Waals surface area contributed by atoms with E-state index >= 15 is 0 Å². The Hall–Kier alpha value is -0.710. The largest absolute Gasteiger partial charge is 0.380 e. The normalized spacial score (nSPS) is 14.4. The lowest BCUT2D eigenvalue weighted by Gasteiger charge is -2.17. The number of hydrogen-bond donors (Lipinski definition) is 4. The van der Waals surface area contributed by atoms with Crippen LogP contribution in [0.5, 0.6) is 0 Å². The van der Waals surface area contributed by atoms with Gasteiger partial charge in [0.1, 0.15) is 0 Å². The Morgan fingerprint density at radius 1 is 0.960 bits per heavy atom. The summed E-state index contributed by atoms with van der Waals surface area (Å²) in [6, 6.07) is 8.07. The zero-order valence-corrected chi connectivity index (χ0v) is 16.2. The molecule has 1 aromatic rings. The zero-order valence-electron chi connectivity index (χ0n) is 15.3. The van der Waals surface area contributed by atoms with Gasteiger partial charge in [0.15, 0.2) is 5.85 Å². The molecule has 0 aliphatic heterocycles. The zero-order chi connectivity index (χ0) is 18.7. The van der Waals surface area contributed by atoms with Crippen LogP contribution in [0.1, 0.15) is 69.4 Å². The highest BCUT2D eigenvalue weighted by atomic mass is 31.2. The van der Waals surface area contributed by atoms with Crippen molar-refractivity contribution in [3.63, 3.8) is 0 Å². The molecular formula is C19H34NO4P. The van der Waals surface area contributed by atoms with Crippen molar-refractivity contribution in [2.75, 3.05) is 0 Å². The molecule has 25 heavy (non-hydrogen) atoms. The number of benzene rings is 1. The fourth-order valence-electron chi connectivity index (χ4n) is 2.86. The van der Waals surface area contributed by atoms with Gasteiger partial charge in [-0.05, 0) is 36.8 Å². The van der Waals surface area contributed by atoms with Gasteiger partial charge in [0.05, 0.1) is 0 Å². The monoisotopic (exact) mass is 371 g/mol. The molecule has 1 rings (SSSR count). The van der Waals surface area contributed by atoms with Crippen LogP contribution in [-0.2, 0) is 17.4 Å². The van der Waals surface area contributed by atoms with Crippen LogP contribution in [0.3, 0.4) is 0 Å². The minimum atomic E-state index is -4.46. The van der Waals surface area contributed by atoms with Gasteiger partial charge in [-0.25, -0.2) is 0 Å². The molecule has 0 bridgehead atoms. The average molecular weight is 371 g/mol. The van der Waals surface area contributed by atoms with Crippen LogP contribution in [0, 0.1) is 0 Å². The van der Waals surface area contributed by atoms with Gasteiger partial charge in [-0.3, -0.25) is 4.57 Å². The van der Waals surface area contributed by atoms with Crippen LogP contribution in [-0.4, -0.2) is 26.8 Å². The number of aliphatic hydroxyl groups excluding tert-OH is 1. The summed E-state index contributed by atoms with van der Waals surface area (Å²) >= 11 is 0. The molecule has 0 fully saturated rings. The molecule has 0 aliphatic rings. The highest BCUT2D eigenvalue weighted by Crippen LogP contribution is 2.41. The molecule has 2 atom stereocenters. The van der Waals surface area contributed by atoms with Crippen LogP contribution in [0.4, 0.5) is 0 Å². The summed E-state index contributed by atoms with van der Waals surface area (Å²) < 4.78 is 10.9. The lowest BCUT2D eigenvalue weighted by Crippen LogP contribution is -2.26. The third kappa shape index (κ3) is 10.1. The first kappa shape index (κ1) is 22.3. The molecular weight excluding hydrogens is 337 g/mol. The first-order valence-corrected chi connectivity index (χ1v) is 11.1. The lowest BCUT2D eigenvalue weighted by molar-refractivity contribution is 0.184. The Morgan fingerprint density at radius 2 is 1.48 bits per heavy atom. The van der Waals surface area contributed by atoms with Crippen molar-refractivity contribution in [2.24, 2.45) is 5.73 Å². The van der Waals surface area contributed by atoms with E-state index in [2.05, 4.69) is 31.2 Å². The van der Waals surface area contributed by atoms with Crippen molar-refractivity contribution in [3.05, 3.63) is 35.4 Å². The highest BCUT2D eigenvalue weighted by Gasteiger charge is 2.27. The maximum absolute atomic E-state index is 10.9. The maximum atomic E-state index is 10.9. The Kier molecular flexibility index (Phi) is 10.6. The number of aryl methyl sites for hydroxylation is 2. The van der Waals surface area contributed by atoms with E-state index in [1.165, 1.54) is 44.1 Å². The van der Waals surface area contributed by atoms with Crippen molar-refractivity contribution in [2.45, 2.75) is 83.0 Å². The molecule has 0 aliphatic carbocycles. The van der Waals surface area contributed by atoms with Gasteiger partial charge in [-0.1, -0.05) is 63.3 Å². The van der Waals surface area contributed by atoms with E-state index in [0.717, 1.165) is 18.4 Å². The maximum Gasteiger partial charge on any atom is 0.353 e. The van der Waals surface area contributed by atoms with Crippen LogP contribution < -0.4 is 5.73 Å². The number of nitrogens with two attached hydrogens (primary N) is 1. The van der Waals surface area contributed by atoms with E-state index in [1.54, 1.807) is 0 Å². The summed E-state index contributed by atoms with van der Waals surface area (Å²) in [4.78, 5) is 17.8. The Morgan fingerprint density at radius 3 is 2.04 bits per heavy atom. The second-order valence-corrected chi connectivity index (χ2v) is 8.71. The number of rotatable bonds is 13. The summed E-state index contributed by atoms with van der Waals surface area (Å²) in [7, 11) is -4.46. The van der Waals surface area contributed by atoms with Gasteiger partial charge in [-0.15, -0.1) is 0 Å². The molecule has 0 radical (unpaired) electrons. The summed E-state index contributed by atoms with van der Waals surface area (Å²) in [5.41, 5.74) is 8.37. The summed E-state index contributed by atoms with van der Waals surface area (Å²) in [5.74, 6) is -1.66. The third-order valence-electron chi connectivity index (χ3n) is 4.55. The molecule has 0 aromatic heterocycles. The van der Waals surface area contributed by atoms with Gasteiger partial charge in [0, 0.05) is 12.5 Å². The van der Waals surface area contributed by atoms with Crippen molar-refractivity contribution in [3.8, 4) is 0 Å². The molecule has 0 heterocycles. The van der Waals surface area contributed by atoms with E-state index < -0.39 is 19.5 Å². The molecule has 1 aromatic carbocycles. The predicted molar refractivity (Wildman–Crippen MR) is 102 cm³/mol. The topological polar surface area (TPSA) is 104 Å². The van der Waals surface area contributed by atoms with Gasteiger partial charge in [0.25, 0.3) is 0 Å². The predicted octanol–water partition coefficient (Wildman–Crippen LogP) is 3.74. The second kappa shape index (κ2) is 11.8. The Labute approximate surface area is 151 Å². The number of hydrogen-bond acceptors (Lipinski definition) is 3. The van der Waals surface area contributed by atoms with Crippen LogP contribution in [0.25, 0.3) is 0 Å². The van der Waals surface area contributed by atoms with Crippen LogP contribution >= 0.6 is 7.60 Å². The smallest absolute Gasteiger partial charge is 0.353 e. The van der Waals surface area contributed by atoms with E-state index in [9.17, 15) is 9.67 Å². The van der Waals surface area contributed by atoms with Crippen molar-refractivity contribution in [1.29, 1.82) is 0 Å². The van der Waals surface area contributed by atoms with Gasteiger partial charge < -0.3 is 20.6 Å². The quantitative estimate of drug-likeness (QED) is 0.312. The molecule has 0 unspecified atom stereocenters. The van der Waals surface area contributed by atoms with Crippen molar-refractivity contribution >= 4 is 7.60 Å². The van der Waals surface area contributed by atoms with Crippen LogP contribution in [0.2, 0.25) is 0 Å². The van der Waals surface area contributed by atoms with Gasteiger partial charge in [-0.2, -0.15) is 0 Å².